The standard InChI is InChI=1S/C18H17ClN4O3/c19-13-10-20-6-5-16(13)26-12-3-1-7-23(11-12)18(24)15-9-14(21-22-15)17-4-2-8-25-17/h2,4-6,8-10,12H,1,3,7,11H2,(H,21,22). The van der Waals surface area contributed by atoms with E-state index in [2.05, 4.69) is 15.2 Å². The molecule has 3 aromatic rings. The molecular formula is C18H17ClN4O3. The number of nitrogens with one attached hydrogen (secondary N) is 1. The lowest BCUT2D eigenvalue weighted by molar-refractivity contribution is 0.0532. The molecule has 4 rings (SSSR count). The number of pyridine rings is 1. The fourth-order valence-corrected chi connectivity index (χ4v) is 3.17. The van der Waals surface area contributed by atoms with E-state index >= 15 is 0 Å². The van der Waals surface area contributed by atoms with Gasteiger partial charge in [-0.15, -0.1) is 0 Å². The molecule has 0 aromatic carbocycles. The van der Waals surface area contributed by atoms with Crippen LogP contribution in [-0.4, -0.2) is 45.2 Å². The highest BCUT2D eigenvalue weighted by Crippen LogP contribution is 2.26. The van der Waals surface area contributed by atoms with Crippen molar-refractivity contribution in [3.8, 4) is 17.2 Å². The number of hydrogen-bond donors (Lipinski definition) is 1. The fraction of sp³-hybridized carbons (Fsp3) is 0.278. The van der Waals surface area contributed by atoms with Crippen LogP contribution in [0.4, 0.5) is 0 Å². The van der Waals surface area contributed by atoms with Crippen molar-refractivity contribution in [1.82, 2.24) is 20.1 Å². The molecule has 3 aromatic heterocycles. The zero-order valence-electron chi connectivity index (χ0n) is 13.9. The van der Waals surface area contributed by atoms with Gasteiger partial charge < -0.3 is 14.1 Å². The Morgan fingerprint density at radius 3 is 3.15 bits per heavy atom. The van der Waals surface area contributed by atoms with Gasteiger partial charge in [-0.1, -0.05) is 11.6 Å². The van der Waals surface area contributed by atoms with E-state index in [0.717, 1.165) is 12.8 Å². The van der Waals surface area contributed by atoms with Gasteiger partial charge in [0.25, 0.3) is 5.91 Å². The summed E-state index contributed by atoms with van der Waals surface area (Å²) in [6, 6.07) is 7.03. The molecule has 1 aliphatic rings. The third kappa shape index (κ3) is 3.43. The second kappa shape index (κ2) is 7.21. The van der Waals surface area contributed by atoms with E-state index in [1.165, 1.54) is 0 Å². The summed E-state index contributed by atoms with van der Waals surface area (Å²) >= 11 is 6.10. The van der Waals surface area contributed by atoms with Gasteiger partial charge in [0.15, 0.2) is 11.5 Å². The lowest BCUT2D eigenvalue weighted by Gasteiger charge is -2.32. The molecule has 7 nitrogen and oxygen atoms in total. The third-order valence-electron chi connectivity index (χ3n) is 4.28. The van der Waals surface area contributed by atoms with E-state index in [1.807, 2.05) is 6.07 Å². The van der Waals surface area contributed by atoms with Crippen molar-refractivity contribution in [2.75, 3.05) is 13.1 Å². The van der Waals surface area contributed by atoms with Crippen LogP contribution in [0.25, 0.3) is 11.5 Å². The number of aromatic nitrogens is 3. The summed E-state index contributed by atoms with van der Waals surface area (Å²) in [7, 11) is 0. The maximum absolute atomic E-state index is 12.8. The van der Waals surface area contributed by atoms with Crippen LogP contribution in [0, 0.1) is 0 Å². The molecule has 1 saturated heterocycles. The summed E-state index contributed by atoms with van der Waals surface area (Å²) in [6.07, 6.45) is 6.36. The number of nitrogens with zero attached hydrogens (tertiary/aromatic N) is 3. The van der Waals surface area contributed by atoms with Gasteiger partial charge in [-0.25, -0.2) is 0 Å². The molecular weight excluding hydrogens is 356 g/mol. The van der Waals surface area contributed by atoms with Crippen LogP contribution >= 0.6 is 11.6 Å². The number of H-pyrrole nitrogens is 1. The molecule has 1 amide bonds. The summed E-state index contributed by atoms with van der Waals surface area (Å²) in [5, 5.41) is 7.43. The lowest BCUT2D eigenvalue weighted by Crippen LogP contribution is -2.44. The minimum atomic E-state index is -0.131. The van der Waals surface area contributed by atoms with Crippen molar-refractivity contribution in [3.05, 3.63) is 53.6 Å². The van der Waals surface area contributed by atoms with Crippen LogP contribution in [0.5, 0.6) is 5.75 Å². The SMILES string of the molecule is O=C(c1cc(-c2ccco2)[nH]n1)N1CCCC(Oc2ccncc2Cl)C1. The van der Waals surface area contributed by atoms with E-state index in [9.17, 15) is 4.79 Å². The average Bonchev–Trinajstić information content (AvgIpc) is 3.35. The van der Waals surface area contributed by atoms with E-state index in [-0.39, 0.29) is 12.0 Å². The number of piperidine rings is 1. The lowest BCUT2D eigenvalue weighted by atomic mass is 10.1. The first-order chi connectivity index (χ1) is 12.7. The zero-order valence-corrected chi connectivity index (χ0v) is 14.6. The molecule has 1 fully saturated rings. The molecule has 0 saturated carbocycles. The predicted molar refractivity (Wildman–Crippen MR) is 95.1 cm³/mol. The number of hydrogen-bond acceptors (Lipinski definition) is 5. The number of carbonyl (C=O) groups is 1. The number of halogens is 1. The molecule has 1 unspecified atom stereocenters. The monoisotopic (exact) mass is 372 g/mol. The number of amides is 1. The van der Waals surface area contributed by atoms with E-state index in [4.69, 9.17) is 20.8 Å². The maximum Gasteiger partial charge on any atom is 0.274 e. The zero-order chi connectivity index (χ0) is 17.9. The molecule has 0 radical (unpaired) electrons. The number of carbonyl (C=O) groups excluding carboxylic acids is 1. The van der Waals surface area contributed by atoms with Crippen molar-refractivity contribution < 1.29 is 13.9 Å². The minimum absolute atomic E-state index is 0.115. The molecule has 8 heteroatoms. The Bertz CT molecular complexity index is 893. The van der Waals surface area contributed by atoms with Crippen LogP contribution in [0.15, 0.2) is 47.3 Å². The quantitative estimate of drug-likeness (QED) is 0.758. The van der Waals surface area contributed by atoms with E-state index < -0.39 is 0 Å². The van der Waals surface area contributed by atoms with Crippen molar-refractivity contribution in [3.63, 3.8) is 0 Å². The number of rotatable bonds is 4. The Morgan fingerprint density at radius 1 is 1.42 bits per heavy atom. The summed E-state index contributed by atoms with van der Waals surface area (Å²) in [4.78, 5) is 18.5. The molecule has 0 bridgehead atoms. The first-order valence-electron chi connectivity index (χ1n) is 8.35. The molecule has 1 atom stereocenters. The first-order valence-corrected chi connectivity index (χ1v) is 8.73. The van der Waals surface area contributed by atoms with Gasteiger partial charge in [0.2, 0.25) is 0 Å². The topological polar surface area (TPSA) is 84.2 Å². The molecule has 0 aliphatic carbocycles. The average molecular weight is 373 g/mol. The Hall–Kier alpha value is -2.80. The van der Waals surface area contributed by atoms with Crippen LogP contribution in [-0.2, 0) is 0 Å². The van der Waals surface area contributed by atoms with Crippen molar-refractivity contribution in [2.45, 2.75) is 18.9 Å². The Morgan fingerprint density at radius 2 is 2.35 bits per heavy atom. The van der Waals surface area contributed by atoms with E-state index in [0.29, 0.717) is 41.0 Å². The maximum atomic E-state index is 12.8. The molecule has 4 heterocycles. The third-order valence-corrected chi connectivity index (χ3v) is 4.56. The van der Waals surface area contributed by atoms with Crippen molar-refractivity contribution >= 4 is 17.5 Å². The number of ether oxygens (including phenoxy) is 1. The second-order valence-corrected chi connectivity index (χ2v) is 6.49. The highest BCUT2D eigenvalue weighted by Gasteiger charge is 2.27. The normalized spacial score (nSPS) is 17.3. The largest absolute Gasteiger partial charge is 0.487 e. The Kier molecular flexibility index (Phi) is 4.62. The summed E-state index contributed by atoms with van der Waals surface area (Å²) < 4.78 is 11.3. The molecule has 26 heavy (non-hydrogen) atoms. The highest BCUT2D eigenvalue weighted by molar-refractivity contribution is 6.31. The highest BCUT2D eigenvalue weighted by atomic mass is 35.5. The Labute approximate surface area is 154 Å². The van der Waals surface area contributed by atoms with Gasteiger partial charge in [-0.2, -0.15) is 5.10 Å². The van der Waals surface area contributed by atoms with Gasteiger partial charge in [0, 0.05) is 31.1 Å². The molecule has 0 spiro atoms. The summed E-state index contributed by atoms with van der Waals surface area (Å²) in [5.74, 6) is 1.10. The van der Waals surface area contributed by atoms with Gasteiger partial charge in [0.1, 0.15) is 22.6 Å². The van der Waals surface area contributed by atoms with Gasteiger partial charge in [0.05, 0.1) is 12.8 Å². The summed E-state index contributed by atoms with van der Waals surface area (Å²) in [6.45, 7) is 1.16. The van der Waals surface area contributed by atoms with Crippen LogP contribution in [0.1, 0.15) is 23.3 Å². The predicted octanol–water partition coefficient (Wildman–Crippen LogP) is 3.40. The summed E-state index contributed by atoms with van der Waals surface area (Å²) in [5.41, 5.74) is 1.03. The van der Waals surface area contributed by atoms with Crippen LogP contribution < -0.4 is 4.74 Å². The minimum Gasteiger partial charge on any atom is -0.487 e. The van der Waals surface area contributed by atoms with Gasteiger partial charge in [-0.3, -0.25) is 14.9 Å². The molecule has 1 aliphatic heterocycles. The van der Waals surface area contributed by atoms with Crippen molar-refractivity contribution in [1.29, 1.82) is 0 Å². The second-order valence-electron chi connectivity index (χ2n) is 6.08. The van der Waals surface area contributed by atoms with Gasteiger partial charge >= 0.3 is 0 Å². The number of likely N-dealkylation sites (tertiary alicyclic amines) is 1. The smallest absolute Gasteiger partial charge is 0.274 e. The fourth-order valence-electron chi connectivity index (χ4n) is 3.01. The van der Waals surface area contributed by atoms with Crippen LogP contribution in [0.3, 0.4) is 0 Å². The van der Waals surface area contributed by atoms with Crippen molar-refractivity contribution in [2.24, 2.45) is 0 Å². The van der Waals surface area contributed by atoms with Gasteiger partial charge in [-0.05, 0) is 25.0 Å². The molecule has 1 N–H and O–H groups in total. The number of furan rings is 1. The number of aromatic amines is 1. The Balaban J connectivity index is 1.44. The van der Waals surface area contributed by atoms with Crippen LogP contribution in [0.2, 0.25) is 5.02 Å². The molecule has 134 valence electrons. The first kappa shape index (κ1) is 16.7. The van der Waals surface area contributed by atoms with E-state index in [1.54, 1.807) is 41.8 Å².